The van der Waals surface area contributed by atoms with E-state index in [1.807, 2.05) is 13.8 Å². The third-order valence-corrected chi connectivity index (χ3v) is 3.95. The van der Waals surface area contributed by atoms with E-state index in [1.54, 1.807) is 0 Å². The molecule has 2 unspecified atom stereocenters. The zero-order chi connectivity index (χ0) is 14.9. The summed E-state index contributed by atoms with van der Waals surface area (Å²) in [5.41, 5.74) is 0. The second kappa shape index (κ2) is 12.4. The van der Waals surface area contributed by atoms with E-state index in [0.717, 1.165) is 12.8 Å². The van der Waals surface area contributed by atoms with Gasteiger partial charge in [0, 0.05) is 0 Å². The van der Waals surface area contributed by atoms with Gasteiger partial charge in [-0.2, -0.15) is 8.42 Å². The third kappa shape index (κ3) is 13.8. The fraction of sp³-hybridized carbons (Fsp3) is 1.00. The Morgan fingerprint density at radius 3 is 2.10 bits per heavy atom. The Morgan fingerprint density at radius 2 is 1.70 bits per heavy atom. The summed E-state index contributed by atoms with van der Waals surface area (Å²) in [5, 5.41) is 0. The molecule has 2 atom stereocenters. The van der Waals surface area contributed by atoms with Gasteiger partial charge in [-0.1, -0.05) is 53.4 Å². The van der Waals surface area contributed by atoms with Gasteiger partial charge in [0.25, 0.3) is 0 Å². The predicted octanol–water partition coefficient (Wildman–Crippen LogP) is 3.57. The molecule has 0 aliphatic carbocycles. The molecule has 0 amide bonds. The second-order valence-corrected chi connectivity index (χ2v) is 6.82. The summed E-state index contributed by atoms with van der Waals surface area (Å²) >= 11 is 0. The molecule has 20 heavy (non-hydrogen) atoms. The van der Waals surface area contributed by atoms with Crippen LogP contribution in [0, 0.1) is 11.8 Å². The van der Waals surface area contributed by atoms with Crippen LogP contribution in [0.3, 0.4) is 0 Å². The molecule has 0 saturated carbocycles. The van der Waals surface area contributed by atoms with Crippen molar-refractivity contribution in [3.8, 4) is 0 Å². The zero-order valence-corrected chi connectivity index (χ0v) is 13.6. The monoisotopic (exact) mass is 318 g/mol. The molecule has 0 rings (SSSR count). The molecule has 6 heteroatoms. The van der Waals surface area contributed by atoms with Crippen molar-refractivity contribution in [3.05, 3.63) is 0 Å². The molecule has 118 valence electrons. The molecule has 0 fully saturated rings. The van der Waals surface area contributed by atoms with Gasteiger partial charge in [0.1, 0.15) is 0 Å². The number of unbranched alkanes of at least 4 members (excludes halogenated alkanes) is 1. The summed E-state index contributed by atoms with van der Waals surface area (Å²) in [5.74, 6) is 0.974. The van der Waals surface area contributed by atoms with Crippen LogP contribution in [0.5, 0.6) is 0 Å². The Kier molecular flexibility index (Phi) is 14.4. The maximum atomic E-state index is 10.8. The van der Waals surface area contributed by atoms with Crippen LogP contribution < -0.4 is 0 Å². The first-order chi connectivity index (χ1) is 8.78. The maximum absolute atomic E-state index is 10.8. The Bertz CT molecular complexity index is 317. The molecule has 0 aliphatic rings. The molecule has 0 spiro atoms. The van der Waals surface area contributed by atoms with E-state index in [9.17, 15) is 8.42 Å². The number of rotatable bonds is 11. The van der Waals surface area contributed by atoms with Crippen molar-refractivity contribution in [2.24, 2.45) is 11.8 Å². The quantitative estimate of drug-likeness (QED) is 0.467. The Morgan fingerprint density at radius 1 is 1.10 bits per heavy atom. The summed E-state index contributed by atoms with van der Waals surface area (Å²) in [6.07, 6.45) is 6.62. The van der Waals surface area contributed by atoms with Gasteiger partial charge in [-0.3, -0.25) is 4.55 Å². The average molecular weight is 318 g/mol. The first kappa shape index (κ1) is 23.1. The molecule has 0 aliphatic heterocycles. The van der Waals surface area contributed by atoms with Crippen LogP contribution in [0.25, 0.3) is 0 Å². The molecule has 0 radical (unpaired) electrons. The molecule has 0 aromatic carbocycles. The minimum atomic E-state index is -4.34. The molecular formula is C14H31NaO4S. The van der Waals surface area contributed by atoms with Crippen LogP contribution in [-0.4, -0.2) is 48.6 Å². The van der Waals surface area contributed by atoms with E-state index < -0.39 is 16.5 Å². The first-order valence-electron chi connectivity index (χ1n) is 7.44. The average Bonchev–Trinajstić information content (AvgIpc) is 2.26. The third-order valence-electron chi connectivity index (χ3n) is 3.43. The van der Waals surface area contributed by atoms with Crippen LogP contribution in [-0.2, 0) is 14.6 Å². The van der Waals surface area contributed by atoms with E-state index in [-0.39, 0.29) is 29.6 Å². The van der Waals surface area contributed by atoms with Gasteiger partial charge in [-0.05, 0) is 31.1 Å². The van der Waals surface area contributed by atoms with Crippen molar-refractivity contribution in [2.75, 3.05) is 0 Å². The van der Waals surface area contributed by atoms with E-state index in [2.05, 4.69) is 13.8 Å². The molecule has 4 nitrogen and oxygen atoms in total. The van der Waals surface area contributed by atoms with Gasteiger partial charge in [-0.25, -0.2) is 4.18 Å². The van der Waals surface area contributed by atoms with Crippen molar-refractivity contribution in [1.29, 1.82) is 0 Å². The second-order valence-electron chi connectivity index (χ2n) is 5.77. The zero-order valence-electron chi connectivity index (χ0n) is 12.8. The first-order valence-corrected chi connectivity index (χ1v) is 8.80. The van der Waals surface area contributed by atoms with Crippen molar-refractivity contribution in [3.63, 3.8) is 0 Å². The molecule has 0 aromatic rings. The SMILES string of the molecule is CCCCC(CC)CCC(CC(C)C)OS(=O)(=O)O.[NaH]. The van der Waals surface area contributed by atoms with Crippen molar-refractivity contribution in [2.45, 2.75) is 78.7 Å². The van der Waals surface area contributed by atoms with Crippen LogP contribution in [0.1, 0.15) is 72.6 Å². The summed E-state index contributed by atoms with van der Waals surface area (Å²) in [6, 6.07) is 0. The minimum absolute atomic E-state index is 0. The molecule has 0 saturated heterocycles. The topological polar surface area (TPSA) is 63.6 Å². The summed E-state index contributed by atoms with van der Waals surface area (Å²) in [6.45, 7) is 8.39. The van der Waals surface area contributed by atoms with Gasteiger partial charge < -0.3 is 0 Å². The van der Waals surface area contributed by atoms with Gasteiger partial charge in [-0.15, -0.1) is 0 Å². The van der Waals surface area contributed by atoms with E-state index in [1.165, 1.54) is 19.3 Å². The van der Waals surface area contributed by atoms with Crippen LogP contribution in [0.2, 0.25) is 0 Å². The Balaban J connectivity index is 0. The summed E-state index contributed by atoms with van der Waals surface area (Å²) in [4.78, 5) is 0. The fourth-order valence-corrected chi connectivity index (χ4v) is 2.89. The normalized spacial score (nSPS) is 14.9. The van der Waals surface area contributed by atoms with Crippen LogP contribution in [0.15, 0.2) is 0 Å². The van der Waals surface area contributed by atoms with E-state index in [4.69, 9.17) is 8.74 Å². The van der Waals surface area contributed by atoms with Gasteiger partial charge >= 0.3 is 40.0 Å². The molecular weight excluding hydrogens is 287 g/mol. The summed E-state index contributed by atoms with van der Waals surface area (Å²) in [7, 11) is -4.34. The predicted molar refractivity (Wildman–Crippen MR) is 85.6 cm³/mol. The fourth-order valence-electron chi connectivity index (χ4n) is 2.37. The van der Waals surface area contributed by atoms with Gasteiger partial charge in [0.05, 0.1) is 6.10 Å². The van der Waals surface area contributed by atoms with Crippen LogP contribution >= 0.6 is 0 Å². The Hall–Kier alpha value is 0.870. The standard InChI is InChI=1S/C14H30O4S.Na.H/c1-5-7-8-13(6-2)9-10-14(11-12(3)4)18-19(15,16)17;;/h12-14H,5-11H2,1-4H3,(H,15,16,17);;. The molecule has 0 heterocycles. The summed E-state index contributed by atoms with van der Waals surface area (Å²) < 4.78 is 35.3. The van der Waals surface area contributed by atoms with Crippen molar-refractivity contribution >= 4 is 40.0 Å². The van der Waals surface area contributed by atoms with Crippen molar-refractivity contribution < 1.29 is 17.2 Å². The van der Waals surface area contributed by atoms with Gasteiger partial charge in [0.2, 0.25) is 0 Å². The number of hydrogen-bond donors (Lipinski definition) is 1. The molecule has 1 N–H and O–H groups in total. The number of hydrogen-bond acceptors (Lipinski definition) is 3. The van der Waals surface area contributed by atoms with Gasteiger partial charge in [0.15, 0.2) is 0 Å². The van der Waals surface area contributed by atoms with E-state index in [0.29, 0.717) is 24.7 Å². The van der Waals surface area contributed by atoms with Crippen LogP contribution in [0.4, 0.5) is 0 Å². The molecule has 0 bridgehead atoms. The van der Waals surface area contributed by atoms with Crippen molar-refractivity contribution in [1.82, 2.24) is 0 Å². The van der Waals surface area contributed by atoms with E-state index >= 15 is 0 Å². The Labute approximate surface area is 147 Å². The molecule has 0 aromatic heterocycles.